The van der Waals surface area contributed by atoms with Crippen molar-refractivity contribution < 1.29 is 14.3 Å². The maximum atomic E-state index is 12.5. The summed E-state index contributed by atoms with van der Waals surface area (Å²) in [6.07, 6.45) is 2.08. The van der Waals surface area contributed by atoms with Crippen LogP contribution in [0.5, 0.6) is 0 Å². The second kappa shape index (κ2) is 4.05. The van der Waals surface area contributed by atoms with Crippen LogP contribution in [0.15, 0.2) is 24.3 Å². The molecule has 0 saturated carbocycles. The number of carboxylic acids is 1. The van der Waals surface area contributed by atoms with Crippen LogP contribution in [-0.2, 0) is 4.79 Å². The van der Waals surface area contributed by atoms with Gasteiger partial charge in [-0.05, 0) is 23.8 Å². The van der Waals surface area contributed by atoms with Crippen molar-refractivity contribution in [2.24, 2.45) is 0 Å². The maximum Gasteiger partial charge on any atom is 0.124 e. The van der Waals surface area contributed by atoms with E-state index in [0.29, 0.717) is 5.56 Å². The van der Waals surface area contributed by atoms with Crippen molar-refractivity contribution in [3.05, 3.63) is 40.7 Å². The first kappa shape index (κ1) is 9.74. The van der Waals surface area contributed by atoms with E-state index in [1.807, 2.05) is 0 Å². The molecule has 0 N–H and O–H groups in total. The first-order chi connectivity index (χ1) is 6.09. The molecule has 13 heavy (non-hydrogen) atoms. The lowest BCUT2D eigenvalue weighted by atomic mass is 10.2. The Hall–Kier alpha value is -1.35. The first-order valence-electron chi connectivity index (χ1n) is 3.43. The van der Waals surface area contributed by atoms with Crippen molar-refractivity contribution in [1.29, 1.82) is 0 Å². The monoisotopic (exact) mass is 199 g/mol. The molecule has 0 bridgehead atoms. The summed E-state index contributed by atoms with van der Waals surface area (Å²) < 4.78 is 12.5. The van der Waals surface area contributed by atoms with Crippen molar-refractivity contribution in [1.82, 2.24) is 0 Å². The van der Waals surface area contributed by atoms with Crippen molar-refractivity contribution >= 4 is 23.6 Å². The Morgan fingerprint density at radius 3 is 2.77 bits per heavy atom. The van der Waals surface area contributed by atoms with Crippen molar-refractivity contribution in [2.45, 2.75) is 0 Å². The number of carboxylic acid groups (broad SMARTS) is 1. The minimum absolute atomic E-state index is 0.164. The SMILES string of the molecule is O=C([O-])/C=C/c1ccc(F)cc1Cl. The molecule has 0 atom stereocenters. The fourth-order valence-corrected chi connectivity index (χ4v) is 1.02. The zero-order valence-corrected chi connectivity index (χ0v) is 7.22. The molecule has 0 spiro atoms. The van der Waals surface area contributed by atoms with Crippen LogP contribution in [0.3, 0.4) is 0 Å². The van der Waals surface area contributed by atoms with Gasteiger partial charge in [0.05, 0.1) is 11.0 Å². The Bertz CT molecular complexity index is 361. The summed E-state index contributed by atoms with van der Waals surface area (Å²) in [4.78, 5) is 10.0. The van der Waals surface area contributed by atoms with Gasteiger partial charge in [-0.3, -0.25) is 0 Å². The molecular weight excluding hydrogens is 195 g/mol. The molecule has 0 radical (unpaired) electrons. The standard InChI is InChI=1S/C9H6ClFO2/c10-8-5-7(11)3-1-6(8)2-4-9(12)13/h1-5H,(H,12,13)/p-1/b4-2+. The highest BCUT2D eigenvalue weighted by molar-refractivity contribution is 6.32. The Morgan fingerprint density at radius 2 is 2.23 bits per heavy atom. The van der Waals surface area contributed by atoms with Crippen LogP contribution in [0.2, 0.25) is 5.02 Å². The molecule has 0 amide bonds. The van der Waals surface area contributed by atoms with E-state index < -0.39 is 11.8 Å². The van der Waals surface area contributed by atoms with Crippen LogP contribution in [0, 0.1) is 5.82 Å². The molecule has 4 heteroatoms. The molecule has 1 aromatic rings. The number of benzene rings is 1. The Morgan fingerprint density at radius 1 is 1.54 bits per heavy atom. The summed E-state index contributed by atoms with van der Waals surface area (Å²) in [5.41, 5.74) is 0.437. The zero-order chi connectivity index (χ0) is 9.84. The summed E-state index contributed by atoms with van der Waals surface area (Å²) in [7, 11) is 0. The number of carbonyl (C=O) groups excluding carboxylic acids is 1. The summed E-state index contributed by atoms with van der Waals surface area (Å²) in [6, 6.07) is 3.69. The van der Waals surface area contributed by atoms with Crippen LogP contribution in [0.4, 0.5) is 4.39 Å². The zero-order valence-electron chi connectivity index (χ0n) is 6.46. The fraction of sp³-hybridized carbons (Fsp3) is 0. The van der Waals surface area contributed by atoms with Crippen LogP contribution < -0.4 is 5.11 Å². The van der Waals surface area contributed by atoms with Gasteiger partial charge in [0, 0.05) is 0 Å². The van der Waals surface area contributed by atoms with E-state index in [9.17, 15) is 14.3 Å². The maximum absolute atomic E-state index is 12.5. The van der Waals surface area contributed by atoms with Gasteiger partial charge < -0.3 is 9.90 Å². The van der Waals surface area contributed by atoms with Crippen molar-refractivity contribution in [3.8, 4) is 0 Å². The molecule has 0 unspecified atom stereocenters. The highest BCUT2D eigenvalue weighted by Crippen LogP contribution is 2.18. The van der Waals surface area contributed by atoms with Gasteiger partial charge in [0.15, 0.2) is 0 Å². The van der Waals surface area contributed by atoms with E-state index in [2.05, 4.69) is 0 Å². The van der Waals surface area contributed by atoms with Crippen molar-refractivity contribution in [3.63, 3.8) is 0 Å². The summed E-state index contributed by atoms with van der Waals surface area (Å²) in [5, 5.41) is 10.2. The minimum atomic E-state index is -1.32. The van der Waals surface area contributed by atoms with E-state index in [0.717, 1.165) is 12.1 Å². The van der Waals surface area contributed by atoms with Gasteiger partial charge in [0.2, 0.25) is 0 Å². The lowest BCUT2D eigenvalue weighted by Crippen LogP contribution is -2.18. The topological polar surface area (TPSA) is 40.1 Å². The number of aliphatic carboxylic acids is 1. The number of halogens is 2. The average Bonchev–Trinajstić information content (AvgIpc) is 2.02. The lowest BCUT2D eigenvalue weighted by Gasteiger charge is -1.97. The van der Waals surface area contributed by atoms with Crippen LogP contribution >= 0.6 is 11.6 Å². The van der Waals surface area contributed by atoms with Gasteiger partial charge in [-0.1, -0.05) is 23.7 Å². The number of hydrogen-bond acceptors (Lipinski definition) is 2. The first-order valence-corrected chi connectivity index (χ1v) is 3.81. The average molecular weight is 200 g/mol. The highest BCUT2D eigenvalue weighted by Gasteiger charge is 1.97. The molecule has 0 aliphatic carbocycles. The van der Waals surface area contributed by atoms with Gasteiger partial charge in [0.1, 0.15) is 5.82 Å². The van der Waals surface area contributed by atoms with Gasteiger partial charge in [0.25, 0.3) is 0 Å². The third-order valence-corrected chi connectivity index (χ3v) is 1.69. The summed E-state index contributed by atoms with van der Waals surface area (Å²) in [6.45, 7) is 0. The molecular formula is C9H5ClFO2-. The highest BCUT2D eigenvalue weighted by atomic mass is 35.5. The molecule has 0 fully saturated rings. The molecule has 1 aromatic carbocycles. The normalized spacial score (nSPS) is 10.6. The summed E-state index contributed by atoms with van der Waals surface area (Å²) in [5.74, 6) is -1.78. The lowest BCUT2D eigenvalue weighted by molar-refractivity contribution is -0.297. The molecule has 0 heterocycles. The second-order valence-electron chi connectivity index (χ2n) is 2.32. The predicted octanol–water partition coefficient (Wildman–Crippen LogP) is 1.24. The third-order valence-electron chi connectivity index (χ3n) is 1.36. The third kappa shape index (κ3) is 2.87. The number of rotatable bonds is 2. The van der Waals surface area contributed by atoms with E-state index in [4.69, 9.17) is 11.6 Å². The van der Waals surface area contributed by atoms with Gasteiger partial charge in [-0.25, -0.2) is 4.39 Å². The molecule has 0 saturated heterocycles. The van der Waals surface area contributed by atoms with Gasteiger partial charge in [-0.15, -0.1) is 0 Å². The number of hydrogen-bond donors (Lipinski definition) is 0. The predicted molar refractivity (Wildman–Crippen MR) is 45.5 cm³/mol. The van der Waals surface area contributed by atoms with E-state index >= 15 is 0 Å². The second-order valence-corrected chi connectivity index (χ2v) is 2.73. The molecule has 68 valence electrons. The Labute approximate surface area is 79.3 Å². The Kier molecular flexibility index (Phi) is 3.03. The van der Waals surface area contributed by atoms with E-state index in [1.54, 1.807) is 0 Å². The van der Waals surface area contributed by atoms with Crippen LogP contribution in [0.1, 0.15) is 5.56 Å². The minimum Gasteiger partial charge on any atom is -0.545 e. The van der Waals surface area contributed by atoms with Crippen LogP contribution in [-0.4, -0.2) is 5.97 Å². The van der Waals surface area contributed by atoms with Gasteiger partial charge in [-0.2, -0.15) is 0 Å². The summed E-state index contributed by atoms with van der Waals surface area (Å²) >= 11 is 5.61. The van der Waals surface area contributed by atoms with Crippen LogP contribution in [0.25, 0.3) is 6.08 Å². The quantitative estimate of drug-likeness (QED) is 0.673. The largest absolute Gasteiger partial charge is 0.545 e. The van der Waals surface area contributed by atoms with E-state index in [1.165, 1.54) is 18.2 Å². The fourth-order valence-electron chi connectivity index (χ4n) is 0.794. The molecule has 1 rings (SSSR count). The Balaban J connectivity index is 2.96. The number of carbonyl (C=O) groups is 1. The molecule has 0 aliphatic rings. The van der Waals surface area contributed by atoms with Gasteiger partial charge >= 0.3 is 0 Å². The van der Waals surface area contributed by atoms with Crippen molar-refractivity contribution in [2.75, 3.05) is 0 Å². The van der Waals surface area contributed by atoms with E-state index in [-0.39, 0.29) is 5.02 Å². The molecule has 2 nitrogen and oxygen atoms in total. The smallest absolute Gasteiger partial charge is 0.124 e. The molecule has 0 aliphatic heterocycles. The molecule has 0 aromatic heterocycles.